The second-order valence-electron chi connectivity index (χ2n) is 4.87. The Morgan fingerprint density at radius 1 is 0.909 bits per heavy atom. The van der Waals surface area contributed by atoms with Crippen molar-refractivity contribution in [3.63, 3.8) is 0 Å². The van der Waals surface area contributed by atoms with Crippen LogP contribution in [0.15, 0.2) is 70.6 Å². The van der Waals surface area contributed by atoms with Gasteiger partial charge in [-0.3, -0.25) is 0 Å². The molecule has 0 saturated carbocycles. The fourth-order valence-electron chi connectivity index (χ4n) is 2.77. The Morgan fingerprint density at radius 2 is 1.41 bits per heavy atom. The Bertz CT molecular complexity index is 682. The van der Waals surface area contributed by atoms with Crippen LogP contribution < -0.4 is 0 Å². The zero-order valence-electron chi connectivity index (χ0n) is 12.3. The highest BCUT2D eigenvalue weighted by Crippen LogP contribution is 2.43. The number of aliphatic imine (C=N–C) groups is 2. The molecule has 2 rings (SSSR count). The number of isocyanates is 2. The Hall–Kier alpha value is -2.80. The second kappa shape index (κ2) is 7.28. The topological polar surface area (TPSA) is 58.9 Å². The zero-order valence-corrected chi connectivity index (χ0v) is 12.3. The SMILES string of the molecule is CCC(c1ccccc1)C(N=C=O)(N=C=O)c1ccccc1. The van der Waals surface area contributed by atoms with Crippen molar-refractivity contribution >= 4 is 12.2 Å². The zero-order chi connectivity index (χ0) is 15.8. The van der Waals surface area contributed by atoms with Gasteiger partial charge in [-0.25, -0.2) is 9.59 Å². The summed E-state index contributed by atoms with van der Waals surface area (Å²) >= 11 is 0. The van der Waals surface area contributed by atoms with Gasteiger partial charge < -0.3 is 0 Å². The van der Waals surface area contributed by atoms with Crippen LogP contribution in [-0.2, 0) is 15.3 Å². The Balaban J connectivity index is 2.71. The predicted octanol–water partition coefficient (Wildman–Crippen LogP) is 3.70. The minimum absolute atomic E-state index is 0.265. The average molecular weight is 292 g/mol. The summed E-state index contributed by atoms with van der Waals surface area (Å²) in [6.45, 7) is 1.97. The van der Waals surface area contributed by atoms with Crippen molar-refractivity contribution in [2.24, 2.45) is 9.98 Å². The summed E-state index contributed by atoms with van der Waals surface area (Å²) in [6.07, 6.45) is 3.81. The number of hydrogen-bond donors (Lipinski definition) is 0. The highest BCUT2D eigenvalue weighted by Gasteiger charge is 2.41. The third-order valence-corrected chi connectivity index (χ3v) is 3.73. The van der Waals surface area contributed by atoms with Crippen LogP contribution in [-0.4, -0.2) is 12.2 Å². The summed E-state index contributed by atoms with van der Waals surface area (Å²) < 4.78 is 0. The van der Waals surface area contributed by atoms with Gasteiger partial charge in [0.05, 0.1) is 0 Å². The van der Waals surface area contributed by atoms with Gasteiger partial charge in [-0.1, -0.05) is 67.6 Å². The molecule has 0 aromatic heterocycles. The number of benzene rings is 2. The molecule has 110 valence electrons. The fraction of sp³-hybridized carbons (Fsp3) is 0.222. The molecule has 0 bridgehead atoms. The Labute approximate surface area is 129 Å². The lowest BCUT2D eigenvalue weighted by atomic mass is 9.80. The first-order valence-corrected chi connectivity index (χ1v) is 7.07. The molecule has 1 unspecified atom stereocenters. The molecule has 0 amide bonds. The largest absolute Gasteiger partial charge is 0.237 e. The van der Waals surface area contributed by atoms with Gasteiger partial charge in [0.2, 0.25) is 17.8 Å². The first-order valence-electron chi connectivity index (χ1n) is 7.07. The Morgan fingerprint density at radius 3 is 1.86 bits per heavy atom. The van der Waals surface area contributed by atoms with Crippen LogP contribution in [0.4, 0.5) is 0 Å². The van der Waals surface area contributed by atoms with E-state index in [4.69, 9.17) is 0 Å². The van der Waals surface area contributed by atoms with Gasteiger partial charge in [0.15, 0.2) is 0 Å². The molecule has 4 heteroatoms. The summed E-state index contributed by atoms with van der Waals surface area (Å²) in [5, 5.41) is 0. The maximum Gasteiger partial charge on any atom is 0.237 e. The molecule has 0 saturated heterocycles. The molecule has 0 radical (unpaired) electrons. The van der Waals surface area contributed by atoms with E-state index in [9.17, 15) is 9.59 Å². The molecule has 0 aliphatic rings. The van der Waals surface area contributed by atoms with Crippen LogP contribution >= 0.6 is 0 Å². The molecular formula is C18H16N2O2. The van der Waals surface area contributed by atoms with E-state index in [1.54, 1.807) is 24.3 Å². The molecule has 0 aliphatic carbocycles. The predicted molar refractivity (Wildman–Crippen MR) is 83.8 cm³/mol. The van der Waals surface area contributed by atoms with Crippen molar-refractivity contribution < 1.29 is 9.59 Å². The van der Waals surface area contributed by atoms with Gasteiger partial charge >= 0.3 is 0 Å². The van der Waals surface area contributed by atoms with E-state index in [-0.39, 0.29) is 5.92 Å². The number of hydrogen-bond acceptors (Lipinski definition) is 4. The monoisotopic (exact) mass is 292 g/mol. The molecule has 22 heavy (non-hydrogen) atoms. The minimum Gasteiger partial charge on any atom is -0.211 e. The summed E-state index contributed by atoms with van der Waals surface area (Å²) in [7, 11) is 0. The van der Waals surface area contributed by atoms with Crippen LogP contribution in [0.5, 0.6) is 0 Å². The lowest BCUT2D eigenvalue weighted by Crippen LogP contribution is -2.29. The van der Waals surface area contributed by atoms with Crippen LogP contribution in [0, 0.1) is 0 Å². The van der Waals surface area contributed by atoms with Gasteiger partial charge in [0.1, 0.15) is 0 Å². The van der Waals surface area contributed by atoms with Crippen LogP contribution in [0.2, 0.25) is 0 Å². The van der Waals surface area contributed by atoms with Crippen LogP contribution in [0.1, 0.15) is 30.4 Å². The van der Waals surface area contributed by atoms with Crippen molar-refractivity contribution in [2.45, 2.75) is 24.9 Å². The molecule has 0 spiro atoms. The highest BCUT2D eigenvalue weighted by molar-refractivity contribution is 5.45. The minimum atomic E-state index is -1.33. The molecule has 0 aliphatic heterocycles. The number of nitrogens with zero attached hydrogens (tertiary/aromatic N) is 2. The maximum atomic E-state index is 11.0. The van der Waals surface area contributed by atoms with Crippen molar-refractivity contribution in [1.29, 1.82) is 0 Å². The normalized spacial score (nSPS) is 14.0. The average Bonchev–Trinajstić information content (AvgIpc) is 2.57. The van der Waals surface area contributed by atoms with Crippen molar-refractivity contribution in [2.75, 3.05) is 0 Å². The summed E-state index contributed by atoms with van der Waals surface area (Å²) in [5.41, 5.74) is 0.283. The standard InChI is InChI=1S/C18H16N2O2/c1-2-17(15-9-5-3-6-10-15)18(19-13-21,20-14-22)16-11-7-4-8-12-16/h3-12,17H,2H2,1H3. The molecule has 2 aromatic rings. The third kappa shape index (κ3) is 2.94. The van der Waals surface area contributed by atoms with E-state index < -0.39 is 5.66 Å². The second-order valence-corrected chi connectivity index (χ2v) is 4.87. The molecule has 0 fully saturated rings. The van der Waals surface area contributed by atoms with Crippen molar-refractivity contribution in [3.8, 4) is 0 Å². The van der Waals surface area contributed by atoms with Gasteiger partial charge in [0.25, 0.3) is 0 Å². The summed E-state index contributed by atoms with van der Waals surface area (Å²) in [4.78, 5) is 29.9. The first-order chi connectivity index (χ1) is 10.8. The van der Waals surface area contributed by atoms with Crippen molar-refractivity contribution in [1.82, 2.24) is 0 Å². The molecular weight excluding hydrogens is 276 g/mol. The number of rotatable bonds is 6. The van der Waals surface area contributed by atoms with E-state index in [0.29, 0.717) is 12.0 Å². The third-order valence-electron chi connectivity index (χ3n) is 3.73. The molecule has 2 aromatic carbocycles. The number of carbonyl (C=O) groups excluding carboxylic acids is 2. The molecule has 0 N–H and O–H groups in total. The molecule has 1 atom stereocenters. The van der Waals surface area contributed by atoms with Gasteiger partial charge in [-0.2, -0.15) is 9.98 Å². The maximum absolute atomic E-state index is 11.0. The van der Waals surface area contributed by atoms with E-state index in [0.717, 1.165) is 5.56 Å². The van der Waals surface area contributed by atoms with Gasteiger partial charge in [0, 0.05) is 11.5 Å². The summed E-state index contributed by atoms with van der Waals surface area (Å²) in [6, 6.07) is 18.7. The van der Waals surface area contributed by atoms with E-state index in [1.165, 1.54) is 0 Å². The van der Waals surface area contributed by atoms with Crippen molar-refractivity contribution in [3.05, 3.63) is 71.8 Å². The Kier molecular flexibility index (Phi) is 5.16. The van der Waals surface area contributed by atoms with E-state index in [2.05, 4.69) is 9.98 Å². The highest BCUT2D eigenvalue weighted by atomic mass is 16.1. The van der Waals surface area contributed by atoms with E-state index >= 15 is 0 Å². The summed E-state index contributed by atoms with van der Waals surface area (Å²) in [5.74, 6) is -0.265. The van der Waals surface area contributed by atoms with Gasteiger partial charge in [-0.05, 0) is 12.0 Å². The molecule has 4 nitrogen and oxygen atoms in total. The van der Waals surface area contributed by atoms with Crippen LogP contribution in [0.25, 0.3) is 0 Å². The quantitative estimate of drug-likeness (QED) is 0.602. The van der Waals surface area contributed by atoms with E-state index in [1.807, 2.05) is 55.5 Å². The smallest absolute Gasteiger partial charge is 0.211 e. The fourth-order valence-corrected chi connectivity index (χ4v) is 2.77. The van der Waals surface area contributed by atoms with Crippen LogP contribution in [0.3, 0.4) is 0 Å². The lowest BCUT2D eigenvalue weighted by Gasteiger charge is -2.31. The first kappa shape index (κ1) is 15.6. The lowest BCUT2D eigenvalue weighted by molar-refractivity contribution is 0.359. The van der Waals surface area contributed by atoms with Gasteiger partial charge in [-0.15, -0.1) is 0 Å². The molecule has 0 heterocycles.